The fourth-order valence-electron chi connectivity index (χ4n) is 3.44. The Kier molecular flexibility index (Phi) is 4.17. The summed E-state index contributed by atoms with van der Waals surface area (Å²) in [7, 11) is 0. The number of carboxylic acids is 1. The van der Waals surface area contributed by atoms with Crippen molar-refractivity contribution < 1.29 is 18.7 Å². The fraction of sp³-hybridized carbons (Fsp3) is 0. The standard InChI is InChI=1S/C24H15FN2O3/c25-17-7-5-15-12-23(30-22(15)13-17)20-14-21(27-9-3-1-2-4-10-27)18-11-16(24(28)29)6-8-19(18)26-20/h1-14H,(H,28,29). The van der Waals surface area contributed by atoms with Gasteiger partial charge in [-0.25, -0.2) is 14.2 Å². The summed E-state index contributed by atoms with van der Waals surface area (Å²) < 4.78 is 19.4. The van der Waals surface area contributed by atoms with Gasteiger partial charge in [0.05, 0.1) is 16.8 Å². The second kappa shape index (κ2) is 7.00. The Morgan fingerprint density at radius 1 is 0.967 bits per heavy atom. The van der Waals surface area contributed by atoms with Crippen LogP contribution < -0.4 is 4.90 Å². The highest BCUT2D eigenvalue weighted by molar-refractivity contribution is 6.00. The third-order valence-corrected chi connectivity index (χ3v) is 4.87. The van der Waals surface area contributed by atoms with Gasteiger partial charge in [-0.15, -0.1) is 0 Å². The average molecular weight is 398 g/mol. The highest BCUT2D eigenvalue weighted by atomic mass is 19.1. The van der Waals surface area contributed by atoms with E-state index in [1.807, 2.05) is 53.7 Å². The molecule has 30 heavy (non-hydrogen) atoms. The molecule has 0 saturated carbocycles. The van der Waals surface area contributed by atoms with Crippen molar-refractivity contribution in [1.82, 2.24) is 4.98 Å². The number of nitrogens with zero attached hydrogens (tertiary/aromatic N) is 2. The van der Waals surface area contributed by atoms with E-state index in [-0.39, 0.29) is 11.4 Å². The highest BCUT2D eigenvalue weighted by Gasteiger charge is 2.16. The van der Waals surface area contributed by atoms with Crippen molar-refractivity contribution in [2.45, 2.75) is 0 Å². The molecule has 3 heterocycles. The van der Waals surface area contributed by atoms with E-state index in [2.05, 4.69) is 4.98 Å². The van der Waals surface area contributed by atoms with Crippen molar-refractivity contribution in [1.29, 1.82) is 0 Å². The Morgan fingerprint density at radius 3 is 2.53 bits per heavy atom. The monoisotopic (exact) mass is 398 g/mol. The maximum absolute atomic E-state index is 13.6. The van der Waals surface area contributed by atoms with E-state index in [4.69, 9.17) is 4.42 Å². The first-order chi connectivity index (χ1) is 14.6. The van der Waals surface area contributed by atoms with Crippen LogP contribution in [0.1, 0.15) is 10.4 Å². The number of aromatic carboxylic acids is 1. The topological polar surface area (TPSA) is 66.6 Å². The molecule has 0 saturated heterocycles. The van der Waals surface area contributed by atoms with Gasteiger partial charge in [0.2, 0.25) is 0 Å². The smallest absolute Gasteiger partial charge is 0.335 e. The van der Waals surface area contributed by atoms with Crippen LogP contribution >= 0.6 is 0 Å². The van der Waals surface area contributed by atoms with Crippen molar-refractivity contribution in [3.05, 3.63) is 96.6 Å². The zero-order chi connectivity index (χ0) is 20.7. The Bertz CT molecular complexity index is 1380. The van der Waals surface area contributed by atoms with Crippen LogP contribution in [0.5, 0.6) is 0 Å². The SMILES string of the molecule is O=C(O)c1ccc2nc(-c3cc4ccc(F)cc4o3)cc(N3C=CC=CC=C3)c2c1. The van der Waals surface area contributed by atoms with Gasteiger partial charge >= 0.3 is 5.97 Å². The molecule has 1 aliphatic rings. The molecule has 2 aromatic heterocycles. The lowest BCUT2D eigenvalue weighted by Crippen LogP contribution is -2.08. The van der Waals surface area contributed by atoms with Gasteiger partial charge < -0.3 is 14.4 Å². The van der Waals surface area contributed by atoms with Crippen molar-refractivity contribution in [2.75, 3.05) is 4.90 Å². The zero-order valence-corrected chi connectivity index (χ0v) is 15.6. The molecule has 0 unspecified atom stereocenters. The number of anilines is 1. The number of aromatic nitrogens is 1. The Labute approximate surface area is 170 Å². The number of fused-ring (bicyclic) bond motifs is 2. The van der Waals surface area contributed by atoms with Crippen LogP contribution in [0.15, 0.2) is 89.7 Å². The van der Waals surface area contributed by atoms with Gasteiger partial charge in [-0.2, -0.15) is 0 Å². The molecule has 0 fully saturated rings. The maximum atomic E-state index is 13.6. The molecule has 5 rings (SSSR count). The van der Waals surface area contributed by atoms with E-state index >= 15 is 0 Å². The van der Waals surface area contributed by atoms with Crippen LogP contribution in [0.2, 0.25) is 0 Å². The summed E-state index contributed by atoms with van der Waals surface area (Å²) in [5, 5.41) is 10.9. The van der Waals surface area contributed by atoms with Crippen LogP contribution in [0.3, 0.4) is 0 Å². The fourth-order valence-corrected chi connectivity index (χ4v) is 3.44. The van der Waals surface area contributed by atoms with E-state index in [1.165, 1.54) is 18.2 Å². The summed E-state index contributed by atoms with van der Waals surface area (Å²) in [6, 6.07) is 12.8. The minimum Gasteiger partial charge on any atom is -0.478 e. The Morgan fingerprint density at radius 2 is 1.77 bits per heavy atom. The maximum Gasteiger partial charge on any atom is 0.335 e. The molecule has 4 aromatic rings. The van der Waals surface area contributed by atoms with Gasteiger partial charge in [-0.05, 0) is 54.6 Å². The van der Waals surface area contributed by atoms with Crippen molar-refractivity contribution >= 4 is 33.5 Å². The zero-order valence-electron chi connectivity index (χ0n) is 15.6. The van der Waals surface area contributed by atoms with Crippen LogP contribution in [-0.2, 0) is 0 Å². The first-order valence-corrected chi connectivity index (χ1v) is 9.26. The molecule has 0 aliphatic carbocycles. The number of furan rings is 1. The van der Waals surface area contributed by atoms with Gasteiger partial charge in [0.15, 0.2) is 5.76 Å². The summed E-state index contributed by atoms with van der Waals surface area (Å²) in [5.74, 6) is -0.874. The van der Waals surface area contributed by atoms with Crippen molar-refractivity contribution in [3.63, 3.8) is 0 Å². The van der Waals surface area contributed by atoms with Gasteiger partial charge in [0.1, 0.15) is 17.1 Å². The molecular formula is C24H15FN2O3. The number of carbonyl (C=O) groups is 1. The van der Waals surface area contributed by atoms with E-state index in [0.717, 1.165) is 11.1 Å². The van der Waals surface area contributed by atoms with Crippen LogP contribution in [0.25, 0.3) is 33.3 Å². The van der Waals surface area contributed by atoms with Gasteiger partial charge in [0.25, 0.3) is 0 Å². The van der Waals surface area contributed by atoms with E-state index < -0.39 is 5.97 Å². The molecule has 0 bridgehead atoms. The molecule has 5 nitrogen and oxygen atoms in total. The first kappa shape index (κ1) is 17.9. The van der Waals surface area contributed by atoms with Gasteiger partial charge in [-0.3, -0.25) is 0 Å². The quantitative estimate of drug-likeness (QED) is 0.466. The van der Waals surface area contributed by atoms with Crippen LogP contribution in [-0.4, -0.2) is 16.1 Å². The third-order valence-electron chi connectivity index (χ3n) is 4.87. The predicted molar refractivity (Wildman–Crippen MR) is 114 cm³/mol. The van der Waals surface area contributed by atoms with Crippen molar-refractivity contribution in [3.8, 4) is 11.5 Å². The molecule has 0 radical (unpaired) electrons. The molecule has 1 N–H and O–H groups in total. The lowest BCUT2D eigenvalue weighted by atomic mass is 10.1. The highest BCUT2D eigenvalue weighted by Crippen LogP contribution is 2.35. The first-order valence-electron chi connectivity index (χ1n) is 9.26. The molecule has 1 aliphatic heterocycles. The summed E-state index contributed by atoms with van der Waals surface area (Å²) >= 11 is 0. The molecular weight excluding hydrogens is 383 g/mol. The molecule has 2 aromatic carbocycles. The normalized spacial score (nSPS) is 13.3. The van der Waals surface area contributed by atoms with Crippen LogP contribution in [0.4, 0.5) is 10.1 Å². The van der Waals surface area contributed by atoms with E-state index in [9.17, 15) is 14.3 Å². The largest absolute Gasteiger partial charge is 0.478 e. The van der Waals surface area contributed by atoms with Crippen LogP contribution in [0, 0.1) is 5.82 Å². The molecule has 0 atom stereocenters. The lowest BCUT2D eigenvalue weighted by molar-refractivity contribution is 0.0697. The summed E-state index contributed by atoms with van der Waals surface area (Å²) in [6.45, 7) is 0. The molecule has 6 heteroatoms. The lowest BCUT2D eigenvalue weighted by Gasteiger charge is -2.18. The molecule has 146 valence electrons. The van der Waals surface area contributed by atoms with Crippen molar-refractivity contribution in [2.24, 2.45) is 0 Å². The number of benzene rings is 2. The number of rotatable bonds is 3. The van der Waals surface area contributed by atoms with Gasteiger partial charge in [0, 0.05) is 29.2 Å². The minimum absolute atomic E-state index is 0.179. The Hall–Kier alpha value is -4.19. The molecule has 0 amide bonds. The summed E-state index contributed by atoms with van der Waals surface area (Å²) in [4.78, 5) is 18.0. The second-order valence-corrected chi connectivity index (χ2v) is 6.83. The number of hydrogen-bond donors (Lipinski definition) is 1. The minimum atomic E-state index is -1.00. The Balaban J connectivity index is 1.74. The summed E-state index contributed by atoms with van der Waals surface area (Å²) in [6.07, 6.45) is 11.3. The number of carboxylic acid groups (broad SMARTS) is 1. The molecule has 0 spiro atoms. The number of pyridine rings is 1. The number of hydrogen-bond acceptors (Lipinski definition) is 4. The number of halogens is 1. The third kappa shape index (κ3) is 3.14. The predicted octanol–water partition coefficient (Wildman–Crippen LogP) is 5.89. The van der Waals surface area contributed by atoms with E-state index in [0.29, 0.717) is 27.9 Å². The van der Waals surface area contributed by atoms with E-state index in [1.54, 1.807) is 18.2 Å². The summed E-state index contributed by atoms with van der Waals surface area (Å²) in [5.41, 5.74) is 2.56. The number of allylic oxidation sites excluding steroid dienone is 4. The second-order valence-electron chi connectivity index (χ2n) is 6.83. The average Bonchev–Trinajstić information content (AvgIpc) is 2.97. The van der Waals surface area contributed by atoms with Gasteiger partial charge in [-0.1, -0.05) is 12.2 Å².